The maximum absolute atomic E-state index is 6.38. The first-order valence-corrected chi connectivity index (χ1v) is 14.6. The zero-order valence-corrected chi connectivity index (χ0v) is 22.6. The van der Waals surface area contributed by atoms with Crippen molar-refractivity contribution in [2.24, 2.45) is 0 Å². The Kier molecular flexibility index (Phi) is 4.10. The van der Waals surface area contributed by atoms with E-state index < -0.39 is 0 Å². The monoisotopic (exact) mass is 540 g/mol. The number of para-hydroxylation sites is 2. The average Bonchev–Trinajstić information content (AvgIpc) is 3.69. The molecule has 3 heterocycles. The quantitative estimate of drug-likeness (QED) is 0.194. The van der Waals surface area contributed by atoms with E-state index >= 15 is 0 Å². The lowest BCUT2D eigenvalue weighted by molar-refractivity contribution is 0.669. The van der Waals surface area contributed by atoms with E-state index in [0.717, 1.165) is 43.9 Å². The molecule has 0 amide bonds. The molecule has 190 valence electrons. The van der Waals surface area contributed by atoms with Crippen molar-refractivity contribution in [3.05, 3.63) is 121 Å². The Bertz CT molecular complexity index is 2700. The highest BCUT2D eigenvalue weighted by atomic mass is 32.1. The second-order valence-electron chi connectivity index (χ2n) is 10.9. The fraction of sp³-hybridized carbons (Fsp3) is 0. The summed E-state index contributed by atoms with van der Waals surface area (Å²) < 4.78 is 15.2. The molecule has 7 aromatic carbocycles. The molecule has 10 rings (SSSR count). The lowest BCUT2D eigenvalue weighted by Crippen LogP contribution is -1.86. The smallest absolute Gasteiger partial charge is 0.136 e. The van der Waals surface area contributed by atoms with Crippen molar-refractivity contribution in [1.82, 2.24) is 0 Å². The van der Waals surface area contributed by atoms with Crippen molar-refractivity contribution in [2.75, 3.05) is 0 Å². The number of hydrogen-bond donors (Lipinski definition) is 0. The molecule has 0 bridgehead atoms. The Balaban J connectivity index is 1.37. The van der Waals surface area contributed by atoms with Crippen molar-refractivity contribution >= 4 is 96.9 Å². The molecule has 0 saturated carbocycles. The molecule has 0 spiro atoms. The fourth-order valence-corrected chi connectivity index (χ4v) is 7.86. The highest BCUT2D eigenvalue weighted by Crippen LogP contribution is 2.44. The third-order valence-electron chi connectivity index (χ3n) is 8.63. The number of benzene rings is 7. The number of furan rings is 2. The summed E-state index contributed by atoms with van der Waals surface area (Å²) in [5.74, 6) is 0. The lowest BCUT2D eigenvalue weighted by atomic mass is 9.91. The molecule has 0 unspecified atom stereocenters. The molecule has 3 heteroatoms. The third-order valence-corrected chi connectivity index (χ3v) is 9.77. The van der Waals surface area contributed by atoms with Crippen LogP contribution in [0.3, 0.4) is 0 Å². The predicted molar refractivity (Wildman–Crippen MR) is 174 cm³/mol. The number of rotatable bonds is 1. The zero-order valence-electron chi connectivity index (χ0n) is 21.8. The highest BCUT2D eigenvalue weighted by Gasteiger charge is 2.17. The Hall–Kier alpha value is -5.12. The molecule has 2 nitrogen and oxygen atoms in total. The van der Waals surface area contributed by atoms with E-state index in [9.17, 15) is 0 Å². The van der Waals surface area contributed by atoms with Crippen LogP contribution in [-0.4, -0.2) is 0 Å². The van der Waals surface area contributed by atoms with Crippen LogP contribution in [0.2, 0.25) is 0 Å². The van der Waals surface area contributed by atoms with Gasteiger partial charge in [-0.25, -0.2) is 0 Å². The fourth-order valence-electron chi connectivity index (χ4n) is 6.72. The van der Waals surface area contributed by atoms with Crippen molar-refractivity contribution in [2.45, 2.75) is 0 Å². The minimum atomic E-state index is 0.912. The first-order chi connectivity index (χ1) is 20.3. The standard InChI is InChI=1S/C38H20O2S/c1-4-10-33-23(7-1)30-15-21(13-14-35(30)39-33)26-16-22-17-38-32(25-9-3-6-12-37(25)41-38)18-27(22)29-20-36-31(19-28(26)29)24-8-2-5-11-34(24)40-36/h1-20H. The van der Waals surface area contributed by atoms with Gasteiger partial charge in [0.2, 0.25) is 0 Å². The molecule has 0 fully saturated rings. The van der Waals surface area contributed by atoms with Gasteiger partial charge >= 0.3 is 0 Å². The van der Waals surface area contributed by atoms with E-state index in [1.807, 2.05) is 29.5 Å². The van der Waals surface area contributed by atoms with Crippen molar-refractivity contribution in [3.8, 4) is 11.1 Å². The summed E-state index contributed by atoms with van der Waals surface area (Å²) in [7, 11) is 0. The van der Waals surface area contributed by atoms with Gasteiger partial charge in [0.05, 0.1) is 0 Å². The van der Waals surface area contributed by atoms with Gasteiger partial charge in [-0.05, 0) is 93.3 Å². The van der Waals surface area contributed by atoms with Gasteiger partial charge < -0.3 is 8.83 Å². The van der Waals surface area contributed by atoms with E-state index in [-0.39, 0.29) is 0 Å². The van der Waals surface area contributed by atoms with Gasteiger partial charge in [-0.1, -0.05) is 60.7 Å². The molecule has 0 N–H and O–H groups in total. The molecule has 41 heavy (non-hydrogen) atoms. The van der Waals surface area contributed by atoms with Gasteiger partial charge in [0.25, 0.3) is 0 Å². The van der Waals surface area contributed by atoms with Gasteiger partial charge in [0, 0.05) is 41.7 Å². The van der Waals surface area contributed by atoms with E-state index in [4.69, 9.17) is 8.83 Å². The Morgan fingerprint density at radius 1 is 0.366 bits per heavy atom. The topological polar surface area (TPSA) is 26.3 Å². The Morgan fingerprint density at radius 3 is 1.85 bits per heavy atom. The molecule has 0 aliphatic carbocycles. The van der Waals surface area contributed by atoms with Crippen LogP contribution in [0.5, 0.6) is 0 Å². The van der Waals surface area contributed by atoms with Crippen molar-refractivity contribution < 1.29 is 8.83 Å². The van der Waals surface area contributed by atoms with E-state index in [1.54, 1.807) is 0 Å². The minimum Gasteiger partial charge on any atom is -0.456 e. The Labute approximate surface area is 237 Å². The summed E-state index contributed by atoms with van der Waals surface area (Å²) in [6, 6.07) is 43.6. The predicted octanol–water partition coefficient (Wildman–Crippen LogP) is 11.8. The van der Waals surface area contributed by atoms with Crippen LogP contribution in [0.25, 0.3) is 96.7 Å². The first kappa shape index (κ1) is 21.7. The number of thiophene rings is 1. The largest absolute Gasteiger partial charge is 0.456 e. The SMILES string of the molecule is c1ccc2c(c1)oc1ccc(-c3cc4cc5sc6ccccc6c5cc4c4cc5oc6ccccc6c5cc34)cc12. The van der Waals surface area contributed by atoms with Crippen LogP contribution >= 0.6 is 11.3 Å². The molecular formula is C38H20O2S. The van der Waals surface area contributed by atoms with Crippen LogP contribution in [0.4, 0.5) is 0 Å². The summed E-state index contributed by atoms with van der Waals surface area (Å²) in [5.41, 5.74) is 6.06. The first-order valence-electron chi connectivity index (χ1n) is 13.8. The summed E-state index contributed by atoms with van der Waals surface area (Å²) in [5, 5.41) is 12.1. The normalized spacial score (nSPS) is 12.4. The summed E-state index contributed by atoms with van der Waals surface area (Å²) >= 11 is 1.86. The van der Waals surface area contributed by atoms with Gasteiger partial charge in [-0.15, -0.1) is 11.3 Å². The van der Waals surface area contributed by atoms with E-state index in [2.05, 4.69) is 103 Å². The van der Waals surface area contributed by atoms with Crippen LogP contribution in [0.1, 0.15) is 0 Å². The van der Waals surface area contributed by atoms with Gasteiger partial charge in [-0.2, -0.15) is 0 Å². The minimum absolute atomic E-state index is 0.912. The molecule has 0 aliphatic rings. The molecule has 10 aromatic rings. The van der Waals surface area contributed by atoms with Crippen LogP contribution in [0, 0.1) is 0 Å². The molecule has 0 radical (unpaired) electrons. The number of hydrogen-bond acceptors (Lipinski definition) is 3. The third kappa shape index (κ3) is 2.96. The molecular weight excluding hydrogens is 520 g/mol. The number of fused-ring (bicyclic) bond motifs is 12. The van der Waals surface area contributed by atoms with Crippen LogP contribution in [-0.2, 0) is 0 Å². The van der Waals surface area contributed by atoms with Gasteiger partial charge in [0.1, 0.15) is 22.3 Å². The molecule has 0 atom stereocenters. The van der Waals surface area contributed by atoms with Crippen molar-refractivity contribution in [1.29, 1.82) is 0 Å². The molecule has 3 aromatic heterocycles. The molecule has 0 aliphatic heterocycles. The summed E-state index contributed by atoms with van der Waals surface area (Å²) in [4.78, 5) is 0. The second kappa shape index (κ2) is 7.75. The van der Waals surface area contributed by atoms with Crippen LogP contribution in [0.15, 0.2) is 130 Å². The van der Waals surface area contributed by atoms with Crippen LogP contribution < -0.4 is 0 Å². The zero-order chi connectivity index (χ0) is 26.7. The summed E-state index contributed by atoms with van der Waals surface area (Å²) in [6.45, 7) is 0. The maximum atomic E-state index is 6.38. The lowest BCUT2D eigenvalue weighted by Gasteiger charge is -2.12. The summed E-state index contributed by atoms with van der Waals surface area (Å²) in [6.07, 6.45) is 0. The highest BCUT2D eigenvalue weighted by molar-refractivity contribution is 7.25. The van der Waals surface area contributed by atoms with E-state index in [1.165, 1.54) is 52.8 Å². The maximum Gasteiger partial charge on any atom is 0.136 e. The van der Waals surface area contributed by atoms with Gasteiger partial charge in [-0.3, -0.25) is 0 Å². The Morgan fingerprint density at radius 2 is 1.02 bits per heavy atom. The van der Waals surface area contributed by atoms with E-state index in [0.29, 0.717) is 0 Å². The van der Waals surface area contributed by atoms with Gasteiger partial charge in [0.15, 0.2) is 0 Å². The molecule has 0 saturated heterocycles. The van der Waals surface area contributed by atoms with Crippen molar-refractivity contribution in [3.63, 3.8) is 0 Å². The average molecular weight is 541 g/mol. The second-order valence-corrected chi connectivity index (χ2v) is 12.0.